The van der Waals surface area contributed by atoms with E-state index in [1.165, 1.54) is 12.8 Å². The number of aromatic nitrogens is 1. The first-order valence-electron chi connectivity index (χ1n) is 8.02. The maximum atomic E-state index is 12.6. The highest BCUT2D eigenvalue weighted by Crippen LogP contribution is 2.30. The van der Waals surface area contributed by atoms with Gasteiger partial charge >= 0.3 is 6.18 Å². The van der Waals surface area contributed by atoms with Crippen molar-refractivity contribution in [3.05, 3.63) is 16.1 Å². The molecule has 0 bridgehead atoms. The average molecular weight is 381 g/mol. The Kier molecular flexibility index (Phi) is 7.21. The van der Waals surface area contributed by atoms with Crippen LogP contribution >= 0.6 is 23.1 Å². The normalized spacial score (nSPS) is 22.5. The van der Waals surface area contributed by atoms with Crippen molar-refractivity contribution in [3.8, 4) is 0 Å². The Morgan fingerprint density at radius 3 is 2.88 bits per heavy atom. The molecular formula is C15H23F3N4S2. The number of alkyl halides is 3. The van der Waals surface area contributed by atoms with Gasteiger partial charge in [-0.25, -0.2) is 4.98 Å². The fourth-order valence-corrected chi connectivity index (χ4v) is 4.65. The summed E-state index contributed by atoms with van der Waals surface area (Å²) in [5.41, 5.74) is -0.834. The largest absolute Gasteiger partial charge is 0.434 e. The number of rotatable bonds is 5. The molecule has 0 spiro atoms. The van der Waals surface area contributed by atoms with Crippen LogP contribution < -0.4 is 10.6 Å². The van der Waals surface area contributed by atoms with Crippen LogP contribution in [0.5, 0.6) is 0 Å². The highest BCUT2D eigenvalue weighted by atomic mass is 32.2. The summed E-state index contributed by atoms with van der Waals surface area (Å²) in [7, 11) is 1.67. The topological polar surface area (TPSA) is 49.3 Å². The highest BCUT2D eigenvalue weighted by molar-refractivity contribution is 7.99. The molecule has 2 N–H and O–H groups in total. The van der Waals surface area contributed by atoms with Crippen LogP contribution in [0.1, 0.15) is 43.3 Å². The first-order chi connectivity index (χ1) is 11.4. The standard InChI is InChI=1S/C15H23F3N4S2/c1-3-23-11-6-4-5-10(7-11)21-14(19-2)20-8-13-22-12(9-24-13)15(16,17)18/h9-11H,3-8H2,1-2H3,(H2,19,20,21). The molecule has 1 heterocycles. The molecule has 2 rings (SSSR count). The molecule has 0 aliphatic heterocycles. The summed E-state index contributed by atoms with van der Waals surface area (Å²) >= 11 is 2.99. The van der Waals surface area contributed by atoms with Crippen molar-refractivity contribution in [3.63, 3.8) is 0 Å². The molecule has 9 heteroatoms. The smallest absolute Gasteiger partial charge is 0.354 e. The van der Waals surface area contributed by atoms with Crippen LogP contribution in [0.3, 0.4) is 0 Å². The predicted molar refractivity (Wildman–Crippen MR) is 94.6 cm³/mol. The number of halogens is 3. The van der Waals surface area contributed by atoms with Crippen LogP contribution in [0, 0.1) is 0 Å². The number of nitrogens with one attached hydrogen (secondary N) is 2. The molecule has 2 unspecified atom stereocenters. The summed E-state index contributed by atoms with van der Waals surface area (Å²) < 4.78 is 37.7. The molecule has 0 radical (unpaired) electrons. The van der Waals surface area contributed by atoms with Crippen molar-refractivity contribution >= 4 is 29.1 Å². The molecule has 1 aromatic rings. The Labute approximate surface area is 148 Å². The fourth-order valence-electron chi connectivity index (χ4n) is 2.73. The molecular weight excluding hydrogens is 357 g/mol. The van der Waals surface area contributed by atoms with Gasteiger partial charge in [-0.3, -0.25) is 4.99 Å². The van der Waals surface area contributed by atoms with Crippen molar-refractivity contribution in [1.82, 2.24) is 15.6 Å². The van der Waals surface area contributed by atoms with Crippen LogP contribution in [0.2, 0.25) is 0 Å². The molecule has 1 aliphatic carbocycles. The van der Waals surface area contributed by atoms with Crippen LogP contribution in [-0.2, 0) is 12.7 Å². The minimum Gasteiger partial charge on any atom is -0.354 e. The van der Waals surface area contributed by atoms with Gasteiger partial charge in [-0.1, -0.05) is 13.3 Å². The summed E-state index contributed by atoms with van der Waals surface area (Å²) in [6.45, 7) is 2.41. The third-order valence-corrected chi connectivity index (χ3v) is 5.92. The molecule has 1 fully saturated rings. The van der Waals surface area contributed by atoms with Gasteiger partial charge in [0.2, 0.25) is 0 Å². The molecule has 0 saturated heterocycles. The van der Waals surface area contributed by atoms with Gasteiger partial charge in [0, 0.05) is 23.7 Å². The van der Waals surface area contributed by atoms with Gasteiger partial charge in [0.25, 0.3) is 0 Å². The minimum atomic E-state index is -4.39. The van der Waals surface area contributed by atoms with Crippen LogP contribution in [0.4, 0.5) is 13.2 Å². The highest BCUT2D eigenvalue weighted by Gasteiger charge is 2.33. The Bertz CT molecular complexity index is 543. The average Bonchev–Trinajstić information content (AvgIpc) is 3.01. The maximum Gasteiger partial charge on any atom is 0.434 e. The summed E-state index contributed by atoms with van der Waals surface area (Å²) in [6, 6.07) is 0.357. The van der Waals surface area contributed by atoms with Crippen LogP contribution in [-0.4, -0.2) is 35.0 Å². The predicted octanol–water partition coefficient (Wildman–Crippen LogP) is 3.89. The van der Waals surface area contributed by atoms with Gasteiger partial charge in [0.05, 0.1) is 6.54 Å². The van der Waals surface area contributed by atoms with Crippen molar-refractivity contribution in [2.24, 2.45) is 4.99 Å². The van der Waals surface area contributed by atoms with E-state index in [1.807, 2.05) is 11.8 Å². The monoisotopic (exact) mass is 380 g/mol. The molecule has 0 aromatic carbocycles. The van der Waals surface area contributed by atoms with Crippen molar-refractivity contribution in [2.45, 2.75) is 56.6 Å². The van der Waals surface area contributed by atoms with Gasteiger partial charge in [0.15, 0.2) is 11.7 Å². The summed E-state index contributed by atoms with van der Waals surface area (Å²) in [5.74, 6) is 1.74. The summed E-state index contributed by atoms with van der Waals surface area (Å²) in [6.07, 6.45) is 0.240. The molecule has 0 amide bonds. The van der Waals surface area contributed by atoms with Crippen molar-refractivity contribution in [1.29, 1.82) is 0 Å². The van der Waals surface area contributed by atoms with E-state index in [0.29, 0.717) is 22.3 Å². The Hall–Kier alpha value is -0.960. The number of hydrogen-bond donors (Lipinski definition) is 2. The van der Waals surface area contributed by atoms with Gasteiger partial charge in [-0.2, -0.15) is 24.9 Å². The second-order valence-electron chi connectivity index (χ2n) is 5.64. The number of aliphatic imine (C=N–C) groups is 1. The maximum absolute atomic E-state index is 12.6. The quantitative estimate of drug-likeness (QED) is 0.601. The van der Waals surface area contributed by atoms with Gasteiger partial charge in [-0.05, 0) is 25.0 Å². The number of thioether (sulfide) groups is 1. The third-order valence-electron chi connectivity index (χ3n) is 3.84. The number of nitrogens with zero attached hydrogens (tertiary/aromatic N) is 2. The zero-order chi connectivity index (χ0) is 17.6. The third kappa shape index (κ3) is 5.84. The molecule has 1 aliphatic rings. The molecule has 1 aromatic heterocycles. The van der Waals surface area contributed by atoms with Gasteiger partial charge in [-0.15, -0.1) is 11.3 Å². The second-order valence-corrected chi connectivity index (χ2v) is 8.16. The van der Waals surface area contributed by atoms with E-state index in [2.05, 4.69) is 27.5 Å². The number of thiazole rings is 1. The van der Waals surface area contributed by atoms with Crippen molar-refractivity contribution < 1.29 is 13.2 Å². The van der Waals surface area contributed by atoms with Gasteiger partial charge in [0.1, 0.15) is 5.01 Å². The van der Waals surface area contributed by atoms with E-state index in [-0.39, 0.29) is 6.54 Å². The van der Waals surface area contributed by atoms with E-state index in [0.717, 1.165) is 35.3 Å². The molecule has 136 valence electrons. The molecule has 2 atom stereocenters. The minimum absolute atomic E-state index is 0.236. The first kappa shape index (κ1) is 19.4. The van der Waals surface area contributed by atoms with Gasteiger partial charge < -0.3 is 10.6 Å². The second kappa shape index (κ2) is 8.94. The number of guanidine groups is 1. The van der Waals surface area contributed by atoms with E-state index in [1.54, 1.807) is 7.05 Å². The zero-order valence-corrected chi connectivity index (χ0v) is 15.5. The van der Waals surface area contributed by atoms with E-state index in [4.69, 9.17) is 0 Å². The van der Waals surface area contributed by atoms with E-state index in [9.17, 15) is 13.2 Å². The van der Waals surface area contributed by atoms with E-state index < -0.39 is 11.9 Å². The van der Waals surface area contributed by atoms with Crippen LogP contribution in [0.15, 0.2) is 10.4 Å². The zero-order valence-electron chi connectivity index (χ0n) is 13.8. The molecule has 1 saturated carbocycles. The fraction of sp³-hybridized carbons (Fsp3) is 0.733. The summed E-state index contributed by atoms with van der Waals surface area (Å²) in [4.78, 5) is 7.78. The van der Waals surface area contributed by atoms with E-state index >= 15 is 0 Å². The first-order valence-corrected chi connectivity index (χ1v) is 9.95. The molecule has 4 nitrogen and oxygen atoms in total. The van der Waals surface area contributed by atoms with Crippen LogP contribution in [0.25, 0.3) is 0 Å². The SMILES string of the molecule is CCSC1CCCC(NC(=NC)NCc2nc(C(F)(F)F)cs2)C1. The Morgan fingerprint density at radius 1 is 1.46 bits per heavy atom. The Balaban J connectivity index is 1.83. The molecule has 24 heavy (non-hydrogen) atoms. The lowest BCUT2D eigenvalue weighted by Crippen LogP contribution is -2.45. The summed E-state index contributed by atoms with van der Waals surface area (Å²) in [5, 5.41) is 8.55. The lowest BCUT2D eigenvalue weighted by Gasteiger charge is -2.30. The lowest BCUT2D eigenvalue weighted by molar-refractivity contribution is -0.140. The lowest BCUT2D eigenvalue weighted by atomic mass is 9.95. The van der Waals surface area contributed by atoms with Crippen molar-refractivity contribution in [2.75, 3.05) is 12.8 Å². The number of hydrogen-bond acceptors (Lipinski definition) is 4. The Morgan fingerprint density at radius 2 is 2.25 bits per heavy atom.